The van der Waals surface area contributed by atoms with Gasteiger partial charge in [-0.15, -0.1) is 0 Å². The molecule has 0 amide bonds. The molecule has 194 valence electrons. The van der Waals surface area contributed by atoms with Crippen molar-refractivity contribution in [2.45, 2.75) is 51.9 Å². The van der Waals surface area contributed by atoms with Crippen molar-refractivity contribution >= 4 is 22.5 Å². The molecular weight excluding hydrogens is 470 g/mol. The van der Waals surface area contributed by atoms with E-state index in [4.69, 9.17) is 4.74 Å². The molecule has 0 radical (unpaired) electrons. The van der Waals surface area contributed by atoms with E-state index in [2.05, 4.69) is 18.8 Å². The molecule has 2 bridgehead atoms. The van der Waals surface area contributed by atoms with Crippen LogP contribution in [0.25, 0.3) is 10.8 Å². The maximum Gasteiger partial charge on any atom is 0.358 e. The molecule has 0 aliphatic heterocycles. The third-order valence-electron chi connectivity index (χ3n) is 9.99. The predicted octanol–water partition coefficient (Wildman–Crippen LogP) is 3.23. The minimum absolute atomic E-state index is 0.0517. The number of esters is 1. The van der Waals surface area contributed by atoms with Gasteiger partial charge in [0.15, 0.2) is 23.2 Å². The van der Waals surface area contributed by atoms with Gasteiger partial charge in [-0.25, -0.2) is 9.78 Å². The van der Waals surface area contributed by atoms with Crippen molar-refractivity contribution in [1.82, 2.24) is 4.98 Å². The highest BCUT2D eigenvalue weighted by atomic mass is 16.6. The van der Waals surface area contributed by atoms with Crippen LogP contribution >= 0.6 is 0 Å². The molecule has 2 aromatic rings. The van der Waals surface area contributed by atoms with Crippen LogP contribution in [-0.2, 0) is 9.53 Å². The van der Waals surface area contributed by atoms with Gasteiger partial charge < -0.3 is 20.1 Å². The average Bonchev–Trinajstić information content (AvgIpc) is 3.37. The van der Waals surface area contributed by atoms with Crippen LogP contribution in [0.15, 0.2) is 59.8 Å². The summed E-state index contributed by atoms with van der Waals surface area (Å²) in [4.78, 5) is 32.2. The van der Waals surface area contributed by atoms with Crippen molar-refractivity contribution < 1.29 is 29.6 Å². The number of allylic oxidation sites excluding steroid dienone is 1. The molecule has 4 aliphatic carbocycles. The standard InChI is InChI=1S/C30H33NO6/c1-15-13-29-16(2)11-21-22(28(21,3)4)20(25(29)34)12-18(14-32)24(33)30(29,36)26(15)37-27(35)23-19-8-6-5-7-17(19)9-10-31-23/h5-10,12-13,16,20-22,24,26,32-33,36H,11,14H2,1-4H3/t16-,20+,21-,22+,24-,26+,29+,30+/m1/s1. The van der Waals surface area contributed by atoms with E-state index in [1.165, 1.54) is 6.20 Å². The van der Waals surface area contributed by atoms with Gasteiger partial charge in [-0.1, -0.05) is 57.2 Å². The van der Waals surface area contributed by atoms with Crippen molar-refractivity contribution in [3.63, 3.8) is 0 Å². The summed E-state index contributed by atoms with van der Waals surface area (Å²) in [6.45, 7) is 7.44. The average molecular weight is 504 g/mol. The number of aliphatic hydroxyl groups is 3. The lowest BCUT2D eigenvalue weighted by molar-refractivity contribution is -0.190. The first-order valence-corrected chi connectivity index (χ1v) is 13.0. The Balaban J connectivity index is 1.47. The van der Waals surface area contributed by atoms with Gasteiger partial charge >= 0.3 is 5.97 Å². The molecule has 2 saturated carbocycles. The summed E-state index contributed by atoms with van der Waals surface area (Å²) < 4.78 is 5.97. The second-order valence-corrected chi connectivity index (χ2v) is 12.0. The van der Waals surface area contributed by atoms with Gasteiger partial charge in [0, 0.05) is 17.5 Å². The van der Waals surface area contributed by atoms with Crippen LogP contribution in [0.5, 0.6) is 0 Å². The Morgan fingerprint density at radius 3 is 2.68 bits per heavy atom. The molecule has 1 heterocycles. The van der Waals surface area contributed by atoms with E-state index in [-0.39, 0.29) is 40.2 Å². The molecule has 1 aromatic heterocycles. The van der Waals surface area contributed by atoms with Crippen LogP contribution in [0, 0.1) is 34.5 Å². The molecule has 8 atom stereocenters. The summed E-state index contributed by atoms with van der Waals surface area (Å²) in [5.74, 6) is -1.45. The molecule has 0 unspecified atom stereocenters. The smallest absolute Gasteiger partial charge is 0.358 e. The van der Waals surface area contributed by atoms with Crippen molar-refractivity contribution in [1.29, 1.82) is 0 Å². The molecule has 1 aromatic carbocycles. The molecular formula is C30H33NO6. The number of aliphatic hydroxyl groups excluding tert-OH is 2. The molecule has 3 N–H and O–H groups in total. The minimum atomic E-state index is -2.17. The zero-order valence-electron chi connectivity index (χ0n) is 21.5. The topological polar surface area (TPSA) is 117 Å². The van der Waals surface area contributed by atoms with E-state index in [9.17, 15) is 24.9 Å². The van der Waals surface area contributed by atoms with Gasteiger partial charge in [-0.3, -0.25) is 4.79 Å². The summed E-state index contributed by atoms with van der Waals surface area (Å²) in [6, 6.07) is 9.09. The maximum atomic E-state index is 14.4. The monoisotopic (exact) mass is 503 g/mol. The molecule has 37 heavy (non-hydrogen) atoms. The SMILES string of the molecule is CC1=C[C@]23C(=O)[C@@H](C=C(CO)[C@@H](O)[C@]2(O)[C@H]1OC(=O)c1nccc2ccccc12)[C@H]1[C@@H](C[C@H]3C)C1(C)C. The molecule has 7 heteroatoms. The fraction of sp³-hybridized carbons (Fsp3) is 0.500. The third-order valence-corrected chi connectivity index (χ3v) is 9.99. The van der Waals surface area contributed by atoms with Crippen LogP contribution in [0.1, 0.15) is 44.6 Å². The Hall–Kier alpha value is -2.87. The molecule has 1 spiro atoms. The van der Waals surface area contributed by atoms with Crippen LogP contribution < -0.4 is 0 Å². The van der Waals surface area contributed by atoms with Crippen LogP contribution in [0.3, 0.4) is 0 Å². The minimum Gasteiger partial charge on any atom is -0.450 e. The lowest BCUT2D eigenvalue weighted by Crippen LogP contribution is -2.65. The van der Waals surface area contributed by atoms with Crippen LogP contribution in [0.2, 0.25) is 0 Å². The highest BCUT2D eigenvalue weighted by Gasteiger charge is 2.76. The summed E-state index contributed by atoms with van der Waals surface area (Å²) >= 11 is 0. The first-order chi connectivity index (χ1) is 17.5. The number of hydrogen-bond donors (Lipinski definition) is 3. The Morgan fingerprint density at radius 2 is 1.95 bits per heavy atom. The van der Waals surface area contributed by atoms with E-state index in [1.807, 2.05) is 19.1 Å². The van der Waals surface area contributed by atoms with Gasteiger partial charge in [0.25, 0.3) is 0 Å². The maximum absolute atomic E-state index is 14.4. The zero-order valence-corrected chi connectivity index (χ0v) is 21.5. The number of rotatable bonds is 3. The molecule has 4 aliphatic rings. The third kappa shape index (κ3) is 2.96. The Bertz CT molecular complexity index is 1390. The number of carbonyl (C=O) groups excluding carboxylic acids is 2. The van der Waals surface area contributed by atoms with Gasteiger partial charge in [0.05, 0.1) is 12.0 Å². The van der Waals surface area contributed by atoms with E-state index >= 15 is 0 Å². The summed E-state index contributed by atoms with van der Waals surface area (Å²) in [5, 5.41) is 35.8. The second-order valence-electron chi connectivity index (χ2n) is 12.0. The molecule has 7 nitrogen and oxygen atoms in total. The molecule has 6 rings (SSSR count). The van der Waals surface area contributed by atoms with E-state index in [0.717, 1.165) is 5.39 Å². The summed E-state index contributed by atoms with van der Waals surface area (Å²) in [7, 11) is 0. The van der Waals surface area contributed by atoms with E-state index < -0.39 is 41.7 Å². The van der Waals surface area contributed by atoms with Crippen LogP contribution in [-0.4, -0.2) is 56.5 Å². The first kappa shape index (κ1) is 24.5. The first-order valence-electron chi connectivity index (χ1n) is 13.0. The van der Waals surface area contributed by atoms with Crippen molar-refractivity contribution in [2.24, 2.45) is 34.5 Å². The number of nitrogens with zero attached hydrogens (tertiary/aromatic N) is 1. The Kier molecular flexibility index (Phi) is 5.17. The largest absolute Gasteiger partial charge is 0.450 e. The lowest BCUT2D eigenvalue weighted by Gasteiger charge is -2.48. The van der Waals surface area contributed by atoms with Crippen molar-refractivity contribution in [2.75, 3.05) is 6.61 Å². The van der Waals surface area contributed by atoms with Crippen molar-refractivity contribution in [3.05, 3.63) is 65.5 Å². The molecule has 0 saturated heterocycles. The number of ether oxygens (including phenoxy) is 1. The number of benzene rings is 1. The number of hydrogen-bond acceptors (Lipinski definition) is 7. The van der Waals surface area contributed by atoms with Gasteiger partial charge in [0.2, 0.25) is 0 Å². The van der Waals surface area contributed by atoms with Gasteiger partial charge in [-0.05, 0) is 59.1 Å². The highest BCUT2D eigenvalue weighted by molar-refractivity contribution is 6.03. The van der Waals surface area contributed by atoms with Crippen molar-refractivity contribution in [3.8, 4) is 0 Å². The van der Waals surface area contributed by atoms with Gasteiger partial charge in [0.1, 0.15) is 6.10 Å². The fourth-order valence-electron chi connectivity index (χ4n) is 8.04. The van der Waals surface area contributed by atoms with Gasteiger partial charge in [-0.2, -0.15) is 0 Å². The zero-order chi connectivity index (χ0) is 26.5. The van der Waals surface area contributed by atoms with E-state index in [0.29, 0.717) is 17.4 Å². The lowest BCUT2D eigenvalue weighted by atomic mass is 9.59. The van der Waals surface area contributed by atoms with E-state index in [1.54, 1.807) is 37.3 Å². The summed E-state index contributed by atoms with van der Waals surface area (Å²) in [6.07, 6.45) is 2.74. The number of pyridine rings is 1. The predicted molar refractivity (Wildman–Crippen MR) is 136 cm³/mol. The number of aromatic nitrogens is 1. The number of ketones is 1. The number of carbonyl (C=O) groups is 2. The second kappa shape index (κ2) is 7.82. The Morgan fingerprint density at radius 1 is 1.22 bits per heavy atom. The normalized spacial score (nSPS) is 39.6. The number of fused-ring (bicyclic) bond motifs is 4. The highest BCUT2D eigenvalue weighted by Crippen LogP contribution is 2.71. The molecule has 2 fully saturated rings. The number of Topliss-reactive ketones (excluding diaryl/α,β-unsaturated/α-hetero) is 1. The fourth-order valence-corrected chi connectivity index (χ4v) is 8.04. The summed E-state index contributed by atoms with van der Waals surface area (Å²) in [5.41, 5.74) is -2.90. The Labute approximate surface area is 215 Å². The van der Waals surface area contributed by atoms with Crippen LogP contribution in [0.4, 0.5) is 0 Å². The quantitative estimate of drug-likeness (QED) is 0.435.